The molecule has 0 saturated heterocycles. The van der Waals surface area contributed by atoms with Crippen LogP contribution in [-0.2, 0) is 18.4 Å². The van der Waals surface area contributed by atoms with Crippen LogP contribution >= 0.6 is 7.82 Å². The highest BCUT2D eigenvalue weighted by Crippen LogP contribution is 2.46. The van der Waals surface area contributed by atoms with Crippen molar-refractivity contribution in [3.05, 3.63) is 23.8 Å². The molecule has 0 amide bonds. The Morgan fingerprint density at radius 3 is 2.09 bits per heavy atom. The van der Waals surface area contributed by atoms with Gasteiger partial charge in [0.1, 0.15) is 11.5 Å². The lowest BCUT2D eigenvalue weighted by atomic mass is 10.2. The quantitative estimate of drug-likeness (QED) is 0.114. The van der Waals surface area contributed by atoms with E-state index >= 15 is 0 Å². The molecule has 12 heteroatoms. The molecule has 1 aromatic rings. The van der Waals surface area contributed by atoms with Crippen LogP contribution in [0.25, 0.3) is 0 Å². The molecule has 0 bridgehead atoms. The number of unbranched alkanes of at least 4 members (excludes halogenated alkanes) is 3. The molecule has 0 radical (unpaired) electrons. The number of phosphoric ester groups is 1. The molecular weight excluding hydrogens is 479 g/mol. The first kappa shape index (κ1) is 30.8. The van der Waals surface area contributed by atoms with Gasteiger partial charge < -0.3 is 29.1 Å². The Morgan fingerprint density at radius 1 is 1.06 bits per heavy atom. The Balaban J connectivity index is 2.50. The maximum absolute atomic E-state index is 12.3. The lowest BCUT2D eigenvalue weighted by Crippen LogP contribution is -2.52. The molecule has 3 N–H and O–H groups in total. The van der Waals surface area contributed by atoms with Crippen LogP contribution in [-0.4, -0.2) is 78.9 Å². The van der Waals surface area contributed by atoms with E-state index in [1.165, 1.54) is 0 Å². The molecule has 198 valence electrons. The topological polar surface area (TPSA) is 156 Å². The summed E-state index contributed by atoms with van der Waals surface area (Å²) in [6.07, 6.45) is 0.449. The van der Waals surface area contributed by atoms with Crippen molar-refractivity contribution in [2.45, 2.75) is 57.8 Å². The molecule has 1 rings (SSSR count). The molecule has 0 spiro atoms. The van der Waals surface area contributed by atoms with Crippen LogP contribution in [0.1, 0.15) is 51.0 Å². The number of carboxylic acid groups (broad SMARTS) is 1. The molecule has 0 aromatic heterocycles. The molecular formula is C23H38N2O9P+. The number of likely N-dealkylation sites (N-methyl/N-ethyl adjacent to an activating group) is 1. The number of nitriles is 1. The summed E-state index contributed by atoms with van der Waals surface area (Å²) < 4.78 is 33.4. The standard InChI is InChI=1S/C23H37N2O9P/c1-5-6-7-10-31-19-13-18(17-24)14-20(15-19)32-11-8-9-12-33-35(29,30)34-21(16-22(26)27)23(28)25(2,3)4/h13-15,21,23,28H,5-12,16H2,1-4H3,(H-,26,27,29,30)/p+1/t21-,23?/m1/s1. The molecule has 0 saturated carbocycles. The van der Waals surface area contributed by atoms with Crippen molar-refractivity contribution < 1.29 is 47.5 Å². The van der Waals surface area contributed by atoms with E-state index in [-0.39, 0.29) is 17.7 Å². The molecule has 3 atom stereocenters. The van der Waals surface area contributed by atoms with Crippen LogP contribution in [0.3, 0.4) is 0 Å². The number of aliphatic hydroxyl groups excluding tert-OH is 1. The van der Waals surface area contributed by atoms with Gasteiger partial charge in [-0.2, -0.15) is 5.26 Å². The number of hydrogen-bond donors (Lipinski definition) is 3. The molecule has 0 heterocycles. The van der Waals surface area contributed by atoms with E-state index in [0.717, 1.165) is 19.3 Å². The van der Waals surface area contributed by atoms with E-state index in [1.807, 2.05) is 0 Å². The molecule has 0 aliphatic carbocycles. The normalized spacial score (nSPS) is 15.0. The Kier molecular flexibility index (Phi) is 13.3. The molecule has 35 heavy (non-hydrogen) atoms. The third-order valence-corrected chi connectivity index (χ3v) is 5.90. The monoisotopic (exact) mass is 517 g/mol. The van der Waals surface area contributed by atoms with E-state index in [9.17, 15) is 24.6 Å². The van der Waals surface area contributed by atoms with Crippen LogP contribution in [0.15, 0.2) is 18.2 Å². The molecule has 11 nitrogen and oxygen atoms in total. The number of benzene rings is 1. The summed E-state index contributed by atoms with van der Waals surface area (Å²) in [5, 5.41) is 28.5. The highest BCUT2D eigenvalue weighted by molar-refractivity contribution is 7.47. The summed E-state index contributed by atoms with van der Waals surface area (Å²) in [5.41, 5.74) is 0.418. The predicted octanol–water partition coefficient (Wildman–Crippen LogP) is 3.29. The average Bonchev–Trinajstić information content (AvgIpc) is 2.76. The van der Waals surface area contributed by atoms with Gasteiger partial charge >= 0.3 is 13.8 Å². The summed E-state index contributed by atoms with van der Waals surface area (Å²) in [4.78, 5) is 21.0. The first-order valence-electron chi connectivity index (χ1n) is 11.6. The second-order valence-electron chi connectivity index (χ2n) is 8.99. The molecule has 0 aliphatic heterocycles. The maximum atomic E-state index is 12.3. The van der Waals surface area contributed by atoms with Gasteiger partial charge in [0, 0.05) is 6.07 Å². The van der Waals surface area contributed by atoms with Crippen molar-refractivity contribution in [1.29, 1.82) is 5.26 Å². The van der Waals surface area contributed by atoms with Gasteiger partial charge in [0.2, 0.25) is 6.23 Å². The van der Waals surface area contributed by atoms with Crippen molar-refractivity contribution in [1.82, 2.24) is 0 Å². The van der Waals surface area contributed by atoms with Gasteiger partial charge in [-0.05, 0) is 31.4 Å². The van der Waals surface area contributed by atoms with Gasteiger partial charge in [0.05, 0.1) is 59.0 Å². The first-order valence-corrected chi connectivity index (χ1v) is 13.0. The number of hydrogen-bond acceptors (Lipinski definition) is 8. The number of phosphoric acid groups is 1. The summed E-state index contributed by atoms with van der Waals surface area (Å²) in [7, 11) is 0.196. The van der Waals surface area contributed by atoms with Crippen LogP contribution in [0.2, 0.25) is 0 Å². The lowest BCUT2D eigenvalue weighted by Gasteiger charge is -2.34. The number of ether oxygens (including phenoxy) is 2. The number of carbonyl (C=O) groups is 1. The van der Waals surface area contributed by atoms with Gasteiger partial charge in [-0.3, -0.25) is 13.8 Å². The number of rotatable bonds is 18. The van der Waals surface area contributed by atoms with E-state index < -0.39 is 32.5 Å². The summed E-state index contributed by atoms with van der Waals surface area (Å²) in [6, 6.07) is 7.04. The zero-order chi connectivity index (χ0) is 26.5. The Morgan fingerprint density at radius 2 is 1.60 bits per heavy atom. The third-order valence-electron chi connectivity index (χ3n) is 4.86. The lowest BCUT2D eigenvalue weighted by molar-refractivity contribution is -0.922. The molecule has 0 fully saturated rings. The Labute approximate surface area is 207 Å². The minimum absolute atomic E-state index is 0.0895. The summed E-state index contributed by atoms with van der Waals surface area (Å²) >= 11 is 0. The number of quaternary nitrogens is 1. The van der Waals surface area contributed by atoms with E-state index in [1.54, 1.807) is 39.3 Å². The fraction of sp³-hybridized carbons (Fsp3) is 0.652. The zero-order valence-corrected chi connectivity index (χ0v) is 21.8. The fourth-order valence-corrected chi connectivity index (χ4v) is 3.93. The number of nitrogens with zero attached hydrogens (tertiary/aromatic N) is 2. The van der Waals surface area contributed by atoms with Crippen molar-refractivity contribution in [2.75, 3.05) is 41.0 Å². The minimum atomic E-state index is -4.60. The SMILES string of the molecule is CCCCCOc1cc(C#N)cc(OCCCCOP(=O)(O)O[C@H](CC(=O)O)C(O)[N+](C)(C)C)c1. The van der Waals surface area contributed by atoms with Gasteiger partial charge in [0.15, 0.2) is 6.10 Å². The average molecular weight is 518 g/mol. The van der Waals surface area contributed by atoms with E-state index in [0.29, 0.717) is 36.5 Å². The maximum Gasteiger partial charge on any atom is 0.472 e. The minimum Gasteiger partial charge on any atom is -0.493 e. The zero-order valence-electron chi connectivity index (χ0n) is 20.9. The van der Waals surface area contributed by atoms with Crippen molar-refractivity contribution >= 4 is 13.8 Å². The van der Waals surface area contributed by atoms with E-state index in [2.05, 4.69) is 13.0 Å². The van der Waals surface area contributed by atoms with Gasteiger partial charge in [-0.1, -0.05) is 19.8 Å². The van der Waals surface area contributed by atoms with Gasteiger partial charge in [0.25, 0.3) is 0 Å². The largest absolute Gasteiger partial charge is 0.493 e. The first-order chi connectivity index (χ1) is 16.4. The van der Waals surface area contributed by atoms with Crippen LogP contribution in [0.4, 0.5) is 0 Å². The van der Waals surface area contributed by atoms with Crippen molar-refractivity contribution in [2.24, 2.45) is 0 Å². The highest BCUT2D eigenvalue weighted by Gasteiger charge is 2.39. The van der Waals surface area contributed by atoms with Crippen LogP contribution in [0.5, 0.6) is 11.5 Å². The van der Waals surface area contributed by atoms with Crippen LogP contribution < -0.4 is 9.47 Å². The number of aliphatic carboxylic acids is 1. The number of carboxylic acids is 1. The Hall–Kier alpha value is -2.19. The second-order valence-corrected chi connectivity index (χ2v) is 10.4. The molecule has 2 unspecified atom stereocenters. The van der Waals surface area contributed by atoms with E-state index in [4.69, 9.17) is 23.6 Å². The fourth-order valence-electron chi connectivity index (χ4n) is 2.99. The predicted molar refractivity (Wildman–Crippen MR) is 128 cm³/mol. The van der Waals surface area contributed by atoms with Crippen LogP contribution in [0, 0.1) is 11.3 Å². The summed E-state index contributed by atoms with van der Waals surface area (Å²) in [5.74, 6) is -0.240. The van der Waals surface area contributed by atoms with Gasteiger partial charge in [-0.25, -0.2) is 4.57 Å². The van der Waals surface area contributed by atoms with Crippen molar-refractivity contribution in [3.63, 3.8) is 0 Å². The van der Waals surface area contributed by atoms with Gasteiger partial charge in [-0.15, -0.1) is 0 Å². The number of aliphatic hydroxyl groups is 1. The second kappa shape index (κ2) is 15.0. The Bertz CT molecular complexity index is 883. The smallest absolute Gasteiger partial charge is 0.472 e. The van der Waals surface area contributed by atoms with Crippen molar-refractivity contribution in [3.8, 4) is 17.6 Å². The third kappa shape index (κ3) is 12.9. The highest BCUT2D eigenvalue weighted by atomic mass is 31.2. The molecule has 1 aromatic carbocycles. The summed E-state index contributed by atoms with van der Waals surface area (Å²) in [6.45, 7) is 2.79. The molecule has 0 aliphatic rings.